The molecule has 1 saturated heterocycles. The Morgan fingerprint density at radius 1 is 1.20 bits per heavy atom. The third-order valence-corrected chi connectivity index (χ3v) is 6.56. The third-order valence-electron chi connectivity index (χ3n) is 5.42. The van der Waals surface area contributed by atoms with Gasteiger partial charge in [0.1, 0.15) is 28.2 Å². The van der Waals surface area contributed by atoms with Crippen molar-refractivity contribution in [3.63, 3.8) is 0 Å². The van der Waals surface area contributed by atoms with Crippen LogP contribution in [0.5, 0.6) is 5.75 Å². The van der Waals surface area contributed by atoms with E-state index in [1.807, 2.05) is 0 Å². The predicted octanol–water partition coefficient (Wildman–Crippen LogP) is 4.40. The van der Waals surface area contributed by atoms with Crippen LogP contribution in [0, 0.1) is 12.7 Å². The molecule has 10 heteroatoms. The van der Waals surface area contributed by atoms with Gasteiger partial charge < -0.3 is 14.6 Å². The summed E-state index contributed by atoms with van der Waals surface area (Å²) in [6, 6.07) is 10.7. The van der Waals surface area contributed by atoms with E-state index in [0.29, 0.717) is 12.4 Å². The van der Waals surface area contributed by atoms with E-state index >= 15 is 0 Å². The fourth-order valence-corrected chi connectivity index (χ4v) is 4.86. The summed E-state index contributed by atoms with van der Waals surface area (Å²) in [5, 5.41) is 11.2. The van der Waals surface area contributed by atoms with Gasteiger partial charge in [0.25, 0.3) is 5.78 Å². The standard InChI is InChI=1S/C25H21FN2O6S/c1-4-34-15-9-7-8-14(12-15)20(29)18-19(16-10-5-6-11-17(16)26)28(23(31)21(18)30)25-27-13(2)22(35-25)24(32)33-3/h5-12,19,29H,4H2,1-3H3. The molecule has 3 aromatic rings. The second-order valence-electron chi connectivity index (χ2n) is 7.55. The number of methoxy groups -OCH3 is 1. The summed E-state index contributed by atoms with van der Waals surface area (Å²) in [6.45, 7) is 3.74. The van der Waals surface area contributed by atoms with Crippen molar-refractivity contribution in [1.29, 1.82) is 0 Å². The van der Waals surface area contributed by atoms with Gasteiger partial charge in [-0.2, -0.15) is 0 Å². The summed E-state index contributed by atoms with van der Waals surface area (Å²) in [7, 11) is 1.21. The molecular formula is C25H21FN2O6S. The average Bonchev–Trinajstić information content (AvgIpc) is 3.35. The van der Waals surface area contributed by atoms with E-state index in [0.717, 1.165) is 16.2 Å². The number of ether oxygens (including phenoxy) is 2. The number of amides is 1. The predicted molar refractivity (Wildman–Crippen MR) is 127 cm³/mol. The highest BCUT2D eigenvalue weighted by Crippen LogP contribution is 2.44. The fraction of sp³-hybridized carbons (Fsp3) is 0.200. The van der Waals surface area contributed by atoms with Crippen LogP contribution < -0.4 is 9.64 Å². The lowest BCUT2D eigenvalue weighted by Gasteiger charge is -2.23. The van der Waals surface area contributed by atoms with Gasteiger partial charge in [-0.05, 0) is 32.0 Å². The molecule has 180 valence electrons. The Morgan fingerprint density at radius 2 is 1.94 bits per heavy atom. The maximum absolute atomic E-state index is 15.0. The van der Waals surface area contributed by atoms with Crippen LogP contribution in [0.3, 0.4) is 0 Å². The van der Waals surface area contributed by atoms with Crippen molar-refractivity contribution in [3.8, 4) is 5.75 Å². The summed E-state index contributed by atoms with van der Waals surface area (Å²) in [5.41, 5.74) is 0.194. The largest absolute Gasteiger partial charge is 0.507 e. The Labute approximate surface area is 204 Å². The third kappa shape index (κ3) is 4.28. The van der Waals surface area contributed by atoms with Crippen molar-refractivity contribution in [3.05, 3.63) is 81.6 Å². The maximum atomic E-state index is 15.0. The summed E-state index contributed by atoms with van der Waals surface area (Å²) in [5.74, 6) is -3.39. The number of thiazole rings is 1. The highest BCUT2D eigenvalue weighted by Gasteiger charge is 2.49. The zero-order valence-corrected chi connectivity index (χ0v) is 19.9. The molecule has 8 nitrogen and oxygen atoms in total. The minimum Gasteiger partial charge on any atom is -0.507 e. The van der Waals surface area contributed by atoms with Gasteiger partial charge in [0.15, 0.2) is 5.13 Å². The molecule has 1 unspecified atom stereocenters. The molecule has 1 N–H and O–H groups in total. The van der Waals surface area contributed by atoms with E-state index in [9.17, 15) is 23.9 Å². The molecule has 1 aromatic heterocycles. The summed E-state index contributed by atoms with van der Waals surface area (Å²) < 4.78 is 25.2. The molecule has 0 saturated carbocycles. The SMILES string of the molecule is CCOc1cccc(C(O)=C2C(=O)C(=O)N(c3nc(C)c(C(=O)OC)s3)C2c2ccccc2F)c1. The van der Waals surface area contributed by atoms with Crippen molar-refractivity contribution < 1.29 is 33.4 Å². The maximum Gasteiger partial charge on any atom is 0.350 e. The second kappa shape index (κ2) is 9.67. The highest BCUT2D eigenvalue weighted by atomic mass is 32.1. The smallest absolute Gasteiger partial charge is 0.350 e. The molecule has 4 rings (SSSR count). The van der Waals surface area contributed by atoms with Crippen LogP contribution in [0.2, 0.25) is 0 Å². The molecule has 0 spiro atoms. The Morgan fingerprint density at radius 3 is 2.63 bits per heavy atom. The first-order chi connectivity index (χ1) is 16.8. The first-order valence-electron chi connectivity index (χ1n) is 10.6. The average molecular weight is 497 g/mol. The number of nitrogens with zero attached hydrogens (tertiary/aromatic N) is 2. The van der Waals surface area contributed by atoms with Gasteiger partial charge in [-0.3, -0.25) is 14.5 Å². The molecule has 1 aliphatic heterocycles. The highest BCUT2D eigenvalue weighted by molar-refractivity contribution is 7.17. The van der Waals surface area contributed by atoms with E-state index < -0.39 is 35.3 Å². The van der Waals surface area contributed by atoms with Gasteiger partial charge in [0.05, 0.1) is 25.0 Å². The zero-order valence-electron chi connectivity index (χ0n) is 19.1. The van der Waals surface area contributed by atoms with Crippen LogP contribution >= 0.6 is 11.3 Å². The second-order valence-corrected chi connectivity index (χ2v) is 8.53. The summed E-state index contributed by atoms with van der Waals surface area (Å²) in [4.78, 5) is 44.0. The van der Waals surface area contributed by atoms with Crippen molar-refractivity contribution in [1.82, 2.24) is 4.98 Å². The number of rotatable bonds is 6. The van der Waals surface area contributed by atoms with Crippen molar-refractivity contribution in [2.45, 2.75) is 19.9 Å². The number of carbonyl (C=O) groups is 3. The molecule has 1 aliphatic rings. The van der Waals surface area contributed by atoms with Crippen LogP contribution in [0.1, 0.15) is 39.5 Å². The van der Waals surface area contributed by atoms with Gasteiger partial charge in [-0.25, -0.2) is 14.2 Å². The van der Waals surface area contributed by atoms with Crippen LogP contribution in [0.4, 0.5) is 9.52 Å². The lowest BCUT2D eigenvalue weighted by Crippen LogP contribution is -2.29. The quantitative estimate of drug-likeness (QED) is 0.233. The molecule has 1 fully saturated rings. The Bertz CT molecular complexity index is 1370. The number of benzene rings is 2. The molecule has 0 aliphatic carbocycles. The Kier molecular flexibility index (Phi) is 6.65. The number of aliphatic hydroxyl groups is 1. The molecule has 35 heavy (non-hydrogen) atoms. The van der Waals surface area contributed by atoms with Crippen LogP contribution in [-0.4, -0.2) is 41.5 Å². The van der Waals surface area contributed by atoms with E-state index in [4.69, 9.17) is 9.47 Å². The minimum absolute atomic E-state index is 0.000343. The minimum atomic E-state index is -1.32. The van der Waals surface area contributed by atoms with E-state index in [1.165, 1.54) is 31.4 Å². The number of ketones is 1. The van der Waals surface area contributed by atoms with E-state index in [2.05, 4.69) is 4.98 Å². The van der Waals surface area contributed by atoms with E-state index in [-0.39, 0.29) is 32.4 Å². The van der Waals surface area contributed by atoms with Crippen molar-refractivity contribution >= 4 is 39.9 Å². The van der Waals surface area contributed by atoms with E-state index in [1.54, 1.807) is 38.1 Å². The van der Waals surface area contributed by atoms with Crippen LogP contribution in [-0.2, 0) is 14.3 Å². The number of halogens is 1. The fourth-order valence-electron chi connectivity index (χ4n) is 3.84. The zero-order chi connectivity index (χ0) is 25.3. The van der Waals surface area contributed by atoms with Gasteiger partial charge in [-0.1, -0.05) is 41.7 Å². The lowest BCUT2D eigenvalue weighted by molar-refractivity contribution is -0.132. The summed E-state index contributed by atoms with van der Waals surface area (Å²) in [6.07, 6.45) is 0. The molecule has 2 aromatic carbocycles. The number of anilines is 1. The molecule has 1 amide bonds. The first-order valence-corrected chi connectivity index (χ1v) is 11.4. The van der Waals surface area contributed by atoms with Crippen LogP contribution in [0.25, 0.3) is 5.76 Å². The first kappa shape index (κ1) is 24.1. The molecule has 0 bridgehead atoms. The molecule has 1 atom stereocenters. The number of aliphatic hydroxyl groups excluding tert-OH is 1. The van der Waals surface area contributed by atoms with Crippen molar-refractivity contribution in [2.24, 2.45) is 0 Å². The number of hydrogen-bond acceptors (Lipinski definition) is 8. The Hall–Kier alpha value is -4.05. The number of carbonyl (C=O) groups excluding carboxylic acids is 3. The Balaban J connectivity index is 1.94. The van der Waals surface area contributed by atoms with Gasteiger partial charge >= 0.3 is 11.9 Å². The molecular weight excluding hydrogens is 475 g/mol. The number of aromatic nitrogens is 1. The molecule has 0 radical (unpaired) electrons. The number of esters is 1. The monoisotopic (exact) mass is 496 g/mol. The van der Waals surface area contributed by atoms with Gasteiger partial charge in [0.2, 0.25) is 0 Å². The number of aryl methyl sites for hydroxylation is 1. The normalized spacial score (nSPS) is 17.0. The number of Topliss-reactive ketones (excluding diaryl/α,β-unsaturated/α-hetero) is 1. The lowest BCUT2D eigenvalue weighted by atomic mass is 9.95. The summed E-state index contributed by atoms with van der Waals surface area (Å²) >= 11 is 0.839. The molecule has 2 heterocycles. The number of hydrogen-bond donors (Lipinski definition) is 1. The van der Waals surface area contributed by atoms with Crippen molar-refractivity contribution in [2.75, 3.05) is 18.6 Å². The van der Waals surface area contributed by atoms with Gasteiger partial charge in [-0.15, -0.1) is 0 Å². The van der Waals surface area contributed by atoms with Gasteiger partial charge in [0, 0.05) is 11.1 Å². The topological polar surface area (TPSA) is 106 Å². The van der Waals surface area contributed by atoms with Crippen LogP contribution in [0.15, 0.2) is 54.1 Å².